The third-order valence-electron chi connectivity index (χ3n) is 3.40. The Labute approximate surface area is 142 Å². The van der Waals surface area contributed by atoms with Crippen molar-refractivity contribution in [1.29, 1.82) is 5.26 Å². The third-order valence-corrected chi connectivity index (χ3v) is 3.40. The predicted octanol–water partition coefficient (Wildman–Crippen LogP) is 3.46. The fourth-order valence-corrected chi connectivity index (χ4v) is 2.20. The van der Waals surface area contributed by atoms with Gasteiger partial charge in [0, 0.05) is 17.4 Å². The van der Waals surface area contributed by atoms with E-state index in [0.717, 1.165) is 0 Å². The van der Waals surface area contributed by atoms with Gasteiger partial charge in [0.15, 0.2) is 0 Å². The highest BCUT2D eigenvalue weighted by molar-refractivity contribution is 6.11. The van der Waals surface area contributed by atoms with Gasteiger partial charge >= 0.3 is 0 Å². The van der Waals surface area contributed by atoms with Gasteiger partial charge < -0.3 is 10.5 Å². The molecule has 0 bridgehead atoms. The molecular weight excluding hydrogens is 321 g/mol. The van der Waals surface area contributed by atoms with Gasteiger partial charge in [0.1, 0.15) is 11.5 Å². The summed E-state index contributed by atoms with van der Waals surface area (Å²) in [5, 5.41) is 24.3. The first kappa shape index (κ1) is 16.1. The number of benzene rings is 2. The molecule has 2 N–H and O–H groups in total. The topological polar surface area (TPSA) is 94.2 Å². The fraction of sp³-hybridized carbons (Fsp3) is 0. The molecule has 6 nitrogen and oxygen atoms in total. The van der Waals surface area contributed by atoms with Gasteiger partial charge in [-0.15, -0.1) is 0 Å². The van der Waals surface area contributed by atoms with E-state index in [1.807, 2.05) is 6.07 Å². The minimum Gasteiger partial charge on any atom is -0.410 e. The Balaban J connectivity index is 1.90. The van der Waals surface area contributed by atoms with Crippen LogP contribution in [0, 0.1) is 17.1 Å². The summed E-state index contributed by atoms with van der Waals surface area (Å²) in [6, 6.07) is 16.3. The smallest absolute Gasteiger partial charge is 0.227 e. The maximum Gasteiger partial charge on any atom is 0.227 e. The molecule has 0 atom stereocenters. The molecule has 0 aliphatic carbocycles. The van der Waals surface area contributed by atoms with Gasteiger partial charge in [-0.3, -0.25) is 0 Å². The van der Waals surface area contributed by atoms with Gasteiger partial charge in [-0.25, -0.2) is 14.4 Å². The van der Waals surface area contributed by atoms with Gasteiger partial charge in [0.05, 0.1) is 17.3 Å². The van der Waals surface area contributed by atoms with Crippen molar-refractivity contribution in [2.75, 3.05) is 5.32 Å². The van der Waals surface area contributed by atoms with Gasteiger partial charge in [-0.05, 0) is 42.5 Å². The lowest BCUT2D eigenvalue weighted by Gasteiger charge is -2.08. The van der Waals surface area contributed by atoms with Crippen molar-refractivity contribution in [3.8, 4) is 6.07 Å². The average molecular weight is 333 g/mol. The molecule has 1 aromatic heterocycles. The first-order chi connectivity index (χ1) is 12.2. The van der Waals surface area contributed by atoms with Crippen molar-refractivity contribution in [3.63, 3.8) is 0 Å². The second-order valence-electron chi connectivity index (χ2n) is 5.01. The Morgan fingerprint density at radius 1 is 1.12 bits per heavy atom. The second-order valence-corrected chi connectivity index (χ2v) is 5.01. The van der Waals surface area contributed by atoms with E-state index < -0.39 is 5.82 Å². The van der Waals surface area contributed by atoms with Crippen LogP contribution in [-0.4, -0.2) is 20.9 Å². The standard InChI is InChI=1S/C18H12FN5O/c19-15-4-2-1-3-14(15)17(24-25)16-9-10-21-18(23-16)22-13-7-5-12(11-20)6-8-13/h1-10,25H,(H,21,22,23)/b24-17-. The molecular formula is C18H12FN5O. The second kappa shape index (κ2) is 7.19. The first-order valence-corrected chi connectivity index (χ1v) is 7.29. The zero-order chi connectivity index (χ0) is 17.6. The summed E-state index contributed by atoms with van der Waals surface area (Å²) in [5.74, 6) is -0.268. The molecule has 0 aliphatic heterocycles. The van der Waals surface area contributed by atoms with Crippen LogP contribution in [0.3, 0.4) is 0 Å². The number of halogens is 1. The quantitative estimate of drug-likeness (QED) is 0.433. The molecule has 0 aliphatic rings. The maximum atomic E-state index is 14.0. The molecule has 0 saturated carbocycles. The van der Waals surface area contributed by atoms with Crippen LogP contribution in [0.15, 0.2) is 65.9 Å². The normalized spacial score (nSPS) is 11.0. The molecule has 2 aromatic carbocycles. The highest BCUT2D eigenvalue weighted by atomic mass is 19.1. The van der Waals surface area contributed by atoms with Gasteiger partial charge in [0.2, 0.25) is 5.95 Å². The number of rotatable bonds is 4. The van der Waals surface area contributed by atoms with Gasteiger partial charge in [0.25, 0.3) is 0 Å². The predicted molar refractivity (Wildman–Crippen MR) is 90.3 cm³/mol. The molecule has 3 rings (SSSR count). The van der Waals surface area contributed by atoms with Crippen LogP contribution >= 0.6 is 0 Å². The van der Waals surface area contributed by atoms with E-state index in [1.165, 1.54) is 24.4 Å². The van der Waals surface area contributed by atoms with E-state index in [0.29, 0.717) is 11.3 Å². The van der Waals surface area contributed by atoms with E-state index in [9.17, 15) is 9.60 Å². The van der Waals surface area contributed by atoms with E-state index in [2.05, 4.69) is 20.4 Å². The molecule has 25 heavy (non-hydrogen) atoms. The SMILES string of the molecule is N#Cc1ccc(Nc2nccc(/C(=N\O)c3ccccc3F)n2)cc1. The Morgan fingerprint density at radius 2 is 1.88 bits per heavy atom. The number of hydrogen-bond donors (Lipinski definition) is 2. The fourth-order valence-electron chi connectivity index (χ4n) is 2.20. The summed E-state index contributed by atoms with van der Waals surface area (Å²) in [7, 11) is 0. The summed E-state index contributed by atoms with van der Waals surface area (Å²) in [6.45, 7) is 0. The highest BCUT2D eigenvalue weighted by Crippen LogP contribution is 2.16. The summed E-state index contributed by atoms with van der Waals surface area (Å²) in [4.78, 5) is 8.35. The molecule has 3 aromatic rings. The van der Waals surface area contributed by atoms with Crippen LogP contribution in [0.5, 0.6) is 0 Å². The van der Waals surface area contributed by atoms with Crippen LogP contribution < -0.4 is 5.32 Å². The van der Waals surface area contributed by atoms with Crippen LogP contribution in [0.2, 0.25) is 0 Å². The molecule has 1 heterocycles. The molecule has 0 unspecified atom stereocenters. The van der Waals surface area contributed by atoms with Crippen LogP contribution in [0.4, 0.5) is 16.0 Å². The van der Waals surface area contributed by atoms with Crippen molar-refractivity contribution < 1.29 is 9.60 Å². The van der Waals surface area contributed by atoms with E-state index in [4.69, 9.17) is 5.26 Å². The van der Waals surface area contributed by atoms with Crippen molar-refractivity contribution in [2.45, 2.75) is 0 Å². The summed E-state index contributed by atoms with van der Waals surface area (Å²) in [5.41, 5.74) is 1.62. The van der Waals surface area contributed by atoms with Gasteiger partial charge in [-0.2, -0.15) is 5.26 Å². The number of hydrogen-bond acceptors (Lipinski definition) is 6. The zero-order valence-electron chi connectivity index (χ0n) is 12.9. The zero-order valence-corrected chi connectivity index (χ0v) is 12.9. The molecule has 7 heteroatoms. The van der Waals surface area contributed by atoms with Crippen LogP contribution in [0.1, 0.15) is 16.8 Å². The monoisotopic (exact) mass is 333 g/mol. The molecule has 122 valence electrons. The lowest BCUT2D eigenvalue weighted by molar-refractivity contribution is 0.319. The van der Waals surface area contributed by atoms with E-state index in [-0.39, 0.29) is 22.9 Å². The van der Waals surface area contributed by atoms with Crippen LogP contribution in [-0.2, 0) is 0 Å². The lowest BCUT2D eigenvalue weighted by atomic mass is 10.1. The molecule has 0 radical (unpaired) electrons. The van der Waals surface area contributed by atoms with Crippen LogP contribution in [0.25, 0.3) is 0 Å². The number of nitrogens with one attached hydrogen (secondary N) is 1. The molecule has 0 amide bonds. The average Bonchev–Trinajstić information content (AvgIpc) is 2.65. The molecule has 0 fully saturated rings. The Morgan fingerprint density at radius 3 is 2.56 bits per heavy atom. The number of nitriles is 1. The number of oxime groups is 1. The maximum absolute atomic E-state index is 14.0. The Kier molecular flexibility index (Phi) is 4.62. The van der Waals surface area contributed by atoms with E-state index in [1.54, 1.807) is 36.4 Å². The minimum absolute atomic E-state index is 0.00313. The lowest BCUT2D eigenvalue weighted by Crippen LogP contribution is -2.10. The van der Waals surface area contributed by atoms with Crippen molar-refractivity contribution in [1.82, 2.24) is 9.97 Å². The molecule has 0 saturated heterocycles. The number of nitrogens with zero attached hydrogens (tertiary/aromatic N) is 4. The summed E-state index contributed by atoms with van der Waals surface area (Å²) in [6.07, 6.45) is 1.47. The third kappa shape index (κ3) is 3.59. The van der Waals surface area contributed by atoms with Crippen molar-refractivity contribution >= 4 is 17.3 Å². The highest BCUT2D eigenvalue weighted by Gasteiger charge is 2.14. The molecule has 0 spiro atoms. The number of aromatic nitrogens is 2. The van der Waals surface area contributed by atoms with Gasteiger partial charge in [-0.1, -0.05) is 17.3 Å². The van der Waals surface area contributed by atoms with Crippen molar-refractivity contribution in [2.24, 2.45) is 5.16 Å². The van der Waals surface area contributed by atoms with E-state index >= 15 is 0 Å². The summed E-state index contributed by atoms with van der Waals surface area (Å²) >= 11 is 0. The number of anilines is 2. The summed E-state index contributed by atoms with van der Waals surface area (Å²) < 4.78 is 14.0. The largest absolute Gasteiger partial charge is 0.410 e. The van der Waals surface area contributed by atoms with Crippen molar-refractivity contribution in [3.05, 3.63) is 83.4 Å². The minimum atomic E-state index is -0.518. The first-order valence-electron chi connectivity index (χ1n) is 7.29. The Hall–Kier alpha value is -3.79. The Bertz CT molecular complexity index is 964.